The zero-order chi connectivity index (χ0) is 17.4. The van der Waals surface area contributed by atoms with E-state index in [-0.39, 0.29) is 18.1 Å². The highest BCUT2D eigenvalue weighted by atomic mass is 32.2. The highest BCUT2D eigenvalue weighted by molar-refractivity contribution is 8.16. The van der Waals surface area contributed by atoms with Gasteiger partial charge in [-0.15, -0.1) is 23.5 Å². The summed E-state index contributed by atoms with van der Waals surface area (Å²) in [5, 5.41) is 2.86. The van der Waals surface area contributed by atoms with Crippen LogP contribution in [0.25, 0.3) is 0 Å². The Kier molecular flexibility index (Phi) is 7.78. The van der Waals surface area contributed by atoms with Crippen molar-refractivity contribution in [1.29, 1.82) is 0 Å². The van der Waals surface area contributed by atoms with Gasteiger partial charge in [0.05, 0.1) is 4.58 Å². The number of hydrogen-bond donors (Lipinski definition) is 2. The predicted octanol–water partition coefficient (Wildman–Crippen LogP) is 3.57. The first kappa shape index (κ1) is 19.5. The predicted molar refractivity (Wildman–Crippen MR) is 105 cm³/mol. The first-order valence-electron chi connectivity index (χ1n) is 8.58. The molecule has 1 aromatic rings. The molecule has 1 saturated heterocycles. The maximum Gasteiger partial charge on any atom is 0.258 e. The molecule has 0 radical (unpaired) electrons. The van der Waals surface area contributed by atoms with Crippen molar-refractivity contribution >= 4 is 29.4 Å². The lowest BCUT2D eigenvalue weighted by Crippen LogP contribution is -2.50. The number of nitrogens with one attached hydrogen (secondary N) is 1. The van der Waals surface area contributed by atoms with Crippen molar-refractivity contribution in [3.63, 3.8) is 0 Å². The Balaban J connectivity index is 1.76. The van der Waals surface area contributed by atoms with Crippen LogP contribution in [0.2, 0.25) is 0 Å². The zero-order valence-electron chi connectivity index (χ0n) is 14.5. The fourth-order valence-corrected chi connectivity index (χ4v) is 5.27. The summed E-state index contributed by atoms with van der Waals surface area (Å²) >= 11 is 4.00. The molecule has 1 fully saturated rings. The number of carbonyl (C=O) groups is 1. The lowest BCUT2D eigenvalue weighted by atomic mass is 9.94. The third-order valence-electron chi connectivity index (χ3n) is 4.40. The fourth-order valence-electron chi connectivity index (χ4n) is 2.38. The van der Waals surface area contributed by atoms with Crippen LogP contribution in [0.3, 0.4) is 0 Å². The fraction of sp³-hybridized carbons (Fsp3) is 0.611. The molecule has 0 aromatic heterocycles. The molecule has 134 valence electrons. The Morgan fingerprint density at radius 1 is 1.25 bits per heavy atom. The van der Waals surface area contributed by atoms with Crippen molar-refractivity contribution in [2.75, 3.05) is 24.7 Å². The van der Waals surface area contributed by atoms with Crippen molar-refractivity contribution in [2.45, 2.75) is 43.2 Å². The minimum Gasteiger partial charge on any atom is -0.484 e. The van der Waals surface area contributed by atoms with Crippen LogP contribution in [0.4, 0.5) is 0 Å². The Labute approximate surface area is 153 Å². The SMILES string of the molecule is CCC(N)(CC)CNC(=O)COc1ccc(C2SCCCS2)cc1. The van der Waals surface area contributed by atoms with Gasteiger partial charge in [0, 0.05) is 12.1 Å². The van der Waals surface area contributed by atoms with Gasteiger partial charge in [-0.1, -0.05) is 26.0 Å². The molecule has 1 aromatic carbocycles. The second-order valence-corrected chi connectivity index (χ2v) is 8.86. The minimum absolute atomic E-state index is 0.0236. The van der Waals surface area contributed by atoms with E-state index < -0.39 is 0 Å². The van der Waals surface area contributed by atoms with E-state index in [9.17, 15) is 4.79 Å². The van der Waals surface area contributed by atoms with Crippen LogP contribution in [0.15, 0.2) is 24.3 Å². The molecule has 0 aliphatic carbocycles. The number of amides is 1. The monoisotopic (exact) mass is 368 g/mol. The summed E-state index contributed by atoms with van der Waals surface area (Å²) in [6.07, 6.45) is 2.97. The maximum absolute atomic E-state index is 11.9. The number of rotatable bonds is 8. The van der Waals surface area contributed by atoms with E-state index in [2.05, 4.69) is 17.4 Å². The van der Waals surface area contributed by atoms with Gasteiger partial charge in [0.2, 0.25) is 0 Å². The molecule has 1 aliphatic rings. The molecule has 1 aliphatic heterocycles. The molecule has 0 atom stereocenters. The van der Waals surface area contributed by atoms with Gasteiger partial charge in [0.1, 0.15) is 5.75 Å². The molecule has 24 heavy (non-hydrogen) atoms. The van der Waals surface area contributed by atoms with Crippen molar-refractivity contribution in [3.8, 4) is 5.75 Å². The summed E-state index contributed by atoms with van der Waals surface area (Å²) in [4.78, 5) is 11.9. The van der Waals surface area contributed by atoms with Gasteiger partial charge in [-0.3, -0.25) is 4.79 Å². The van der Waals surface area contributed by atoms with Gasteiger partial charge in [0.15, 0.2) is 6.61 Å². The Hall–Kier alpha value is -0.850. The van der Waals surface area contributed by atoms with Gasteiger partial charge < -0.3 is 15.8 Å². The number of carbonyl (C=O) groups excluding carboxylic acids is 1. The normalized spacial score (nSPS) is 16.0. The molecule has 0 unspecified atom stereocenters. The standard InChI is InChI=1S/C18H28N2O2S2/c1-3-18(19,4-2)13-20-16(21)12-22-15-8-6-14(7-9-15)17-23-10-5-11-24-17/h6-9,17H,3-5,10-13,19H2,1-2H3,(H,20,21). The number of hydrogen-bond acceptors (Lipinski definition) is 5. The topological polar surface area (TPSA) is 64.3 Å². The zero-order valence-corrected chi connectivity index (χ0v) is 16.2. The first-order valence-corrected chi connectivity index (χ1v) is 10.7. The third-order valence-corrected chi connectivity index (χ3v) is 7.41. The number of thioether (sulfide) groups is 2. The smallest absolute Gasteiger partial charge is 0.258 e. The highest BCUT2D eigenvalue weighted by Gasteiger charge is 2.21. The molecule has 1 heterocycles. The van der Waals surface area contributed by atoms with Crippen LogP contribution < -0.4 is 15.8 Å². The quantitative estimate of drug-likeness (QED) is 0.734. The van der Waals surface area contributed by atoms with Crippen LogP contribution in [-0.4, -0.2) is 36.1 Å². The average molecular weight is 369 g/mol. The maximum atomic E-state index is 11.9. The van der Waals surface area contributed by atoms with Crippen LogP contribution in [0, 0.1) is 0 Å². The molecular formula is C18H28N2O2S2. The van der Waals surface area contributed by atoms with Crippen LogP contribution in [0.5, 0.6) is 5.75 Å². The Bertz CT molecular complexity index is 512. The molecule has 0 bridgehead atoms. The van der Waals surface area contributed by atoms with Crippen LogP contribution >= 0.6 is 23.5 Å². The molecular weight excluding hydrogens is 340 g/mol. The number of benzene rings is 1. The summed E-state index contributed by atoms with van der Waals surface area (Å²) in [6, 6.07) is 8.10. The third kappa shape index (κ3) is 5.90. The molecule has 1 amide bonds. The summed E-state index contributed by atoms with van der Waals surface area (Å²) < 4.78 is 6.10. The largest absolute Gasteiger partial charge is 0.484 e. The Morgan fingerprint density at radius 3 is 2.46 bits per heavy atom. The number of ether oxygens (including phenoxy) is 1. The van der Waals surface area contributed by atoms with Gasteiger partial charge >= 0.3 is 0 Å². The van der Waals surface area contributed by atoms with E-state index in [4.69, 9.17) is 10.5 Å². The van der Waals surface area contributed by atoms with Gasteiger partial charge in [-0.05, 0) is 48.5 Å². The van der Waals surface area contributed by atoms with E-state index in [1.165, 1.54) is 23.5 Å². The van der Waals surface area contributed by atoms with Crippen molar-refractivity contribution < 1.29 is 9.53 Å². The van der Waals surface area contributed by atoms with Crippen molar-refractivity contribution in [2.24, 2.45) is 5.73 Å². The van der Waals surface area contributed by atoms with Gasteiger partial charge in [-0.25, -0.2) is 0 Å². The first-order chi connectivity index (χ1) is 11.6. The molecule has 0 spiro atoms. The van der Waals surface area contributed by atoms with Crippen molar-refractivity contribution in [1.82, 2.24) is 5.32 Å². The molecule has 6 heteroatoms. The highest BCUT2D eigenvalue weighted by Crippen LogP contribution is 2.43. The Morgan fingerprint density at radius 2 is 1.88 bits per heavy atom. The number of nitrogens with two attached hydrogens (primary N) is 1. The molecule has 3 N–H and O–H groups in total. The van der Waals surface area contributed by atoms with E-state index in [1.807, 2.05) is 49.5 Å². The van der Waals surface area contributed by atoms with E-state index >= 15 is 0 Å². The average Bonchev–Trinajstić information content (AvgIpc) is 2.65. The minimum atomic E-state index is -0.327. The summed E-state index contributed by atoms with van der Waals surface area (Å²) in [7, 11) is 0. The van der Waals surface area contributed by atoms with E-state index in [0.29, 0.717) is 11.1 Å². The van der Waals surface area contributed by atoms with E-state index in [1.54, 1.807) is 0 Å². The second kappa shape index (κ2) is 9.59. The lowest BCUT2D eigenvalue weighted by molar-refractivity contribution is -0.123. The molecule has 0 saturated carbocycles. The van der Waals surface area contributed by atoms with Crippen LogP contribution in [0.1, 0.15) is 43.3 Å². The van der Waals surface area contributed by atoms with Gasteiger partial charge in [-0.2, -0.15) is 0 Å². The summed E-state index contributed by atoms with van der Waals surface area (Å²) in [5.74, 6) is 3.06. The van der Waals surface area contributed by atoms with Crippen molar-refractivity contribution in [3.05, 3.63) is 29.8 Å². The lowest BCUT2D eigenvalue weighted by Gasteiger charge is -2.26. The second-order valence-electron chi connectivity index (χ2n) is 6.13. The summed E-state index contributed by atoms with van der Waals surface area (Å²) in [5.41, 5.74) is 7.17. The molecule has 4 nitrogen and oxygen atoms in total. The van der Waals surface area contributed by atoms with E-state index in [0.717, 1.165) is 18.6 Å². The summed E-state index contributed by atoms with van der Waals surface area (Å²) in [6.45, 7) is 4.58. The van der Waals surface area contributed by atoms with Crippen LogP contribution in [-0.2, 0) is 4.79 Å². The molecule has 2 rings (SSSR count). The van der Waals surface area contributed by atoms with Gasteiger partial charge in [0.25, 0.3) is 5.91 Å².